The topological polar surface area (TPSA) is 75.5 Å². The fraction of sp³-hybridized carbons (Fsp3) is 0.500. The van der Waals surface area contributed by atoms with Gasteiger partial charge in [0, 0.05) is 24.2 Å². The first-order valence-electron chi connectivity index (χ1n) is 6.79. The molecule has 1 saturated heterocycles. The van der Waals surface area contributed by atoms with Crippen LogP contribution in [0.2, 0.25) is 0 Å². The van der Waals surface area contributed by atoms with Crippen molar-refractivity contribution in [1.82, 2.24) is 4.90 Å². The van der Waals surface area contributed by atoms with Crippen LogP contribution in [-0.2, 0) is 0 Å². The molecule has 0 aliphatic carbocycles. The normalized spacial score (nSPS) is 19.6. The number of aldehydes is 1. The third-order valence-electron chi connectivity index (χ3n) is 3.80. The minimum atomic E-state index is -0.458. The van der Waals surface area contributed by atoms with E-state index in [0.29, 0.717) is 30.1 Å². The van der Waals surface area contributed by atoms with Gasteiger partial charge >= 0.3 is 0 Å². The van der Waals surface area contributed by atoms with Crippen LogP contribution >= 0.6 is 0 Å². The lowest BCUT2D eigenvalue weighted by atomic mass is 10.0. The van der Waals surface area contributed by atoms with Gasteiger partial charge in [-0.25, -0.2) is 0 Å². The fourth-order valence-corrected chi connectivity index (χ4v) is 2.55. The Kier molecular flexibility index (Phi) is 4.68. The third-order valence-corrected chi connectivity index (χ3v) is 3.80. The standard InChI is InChI=1S/C14H19N3O3/c1-16-7-3-2-4-12(16)9-15-13-6-5-11(10-18)8-14(13)17(19)20/h5-6,8,10,12,15H,2-4,7,9H2,1H3. The van der Waals surface area contributed by atoms with Crippen LogP contribution in [0.15, 0.2) is 18.2 Å². The molecule has 0 spiro atoms. The molecule has 1 aliphatic heterocycles. The number of nitro groups is 1. The lowest BCUT2D eigenvalue weighted by Gasteiger charge is -2.32. The molecule has 6 heteroatoms. The quantitative estimate of drug-likeness (QED) is 0.508. The van der Waals surface area contributed by atoms with Crippen molar-refractivity contribution in [1.29, 1.82) is 0 Å². The van der Waals surface area contributed by atoms with E-state index in [4.69, 9.17) is 0 Å². The van der Waals surface area contributed by atoms with Gasteiger partial charge in [-0.15, -0.1) is 0 Å². The number of nitrogens with one attached hydrogen (secondary N) is 1. The molecule has 6 nitrogen and oxygen atoms in total. The summed E-state index contributed by atoms with van der Waals surface area (Å²) in [5, 5.41) is 14.2. The molecule has 1 heterocycles. The van der Waals surface area contributed by atoms with Crippen LogP contribution in [0.3, 0.4) is 0 Å². The van der Waals surface area contributed by atoms with E-state index in [0.717, 1.165) is 13.0 Å². The molecule has 0 radical (unpaired) electrons. The Morgan fingerprint density at radius 1 is 1.50 bits per heavy atom. The molecule has 0 aromatic heterocycles. The molecule has 1 aromatic carbocycles. The summed E-state index contributed by atoms with van der Waals surface area (Å²) in [5.41, 5.74) is 0.740. The van der Waals surface area contributed by atoms with Crippen LogP contribution in [0.1, 0.15) is 29.6 Å². The molecular weight excluding hydrogens is 258 g/mol. The summed E-state index contributed by atoms with van der Waals surface area (Å²) in [4.78, 5) is 23.6. The van der Waals surface area contributed by atoms with Gasteiger partial charge in [-0.2, -0.15) is 0 Å². The van der Waals surface area contributed by atoms with Crippen LogP contribution in [0.25, 0.3) is 0 Å². The van der Waals surface area contributed by atoms with E-state index in [-0.39, 0.29) is 5.69 Å². The first-order valence-corrected chi connectivity index (χ1v) is 6.79. The average Bonchev–Trinajstić information content (AvgIpc) is 2.46. The molecule has 1 aliphatic rings. The second-order valence-electron chi connectivity index (χ2n) is 5.16. The molecule has 1 aromatic rings. The molecule has 2 rings (SSSR count). The number of benzene rings is 1. The molecular formula is C14H19N3O3. The van der Waals surface area contributed by atoms with E-state index in [1.807, 2.05) is 0 Å². The van der Waals surface area contributed by atoms with Crippen molar-refractivity contribution >= 4 is 17.7 Å². The monoisotopic (exact) mass is 277 g/mol. The molecule has 1 unspecified atom stereocenters. The maximum Gasteiger partial charge on any atom is 0.293 e. The molecule has 1 N–H and O–H groups in total. The van der Waals surface area contributed by atoms with Crippen LogP contribution in [0, 0.1) is 10.1 Å². The van der Waals surface area contributed by atoms with Crippen molar-refractivity contribution in [2.75, 3.05) is 25.5 Å². The van der Waals surface area contributed by atoms with E-state index in [1.165, 1.54) is 18.9 Å². The van der Waals surface area contributed by atoms with Gasteiger partial charge < -0.3 is 10.2 Å². The highest BCUT2D eigenvalue weighted by molar-refractivity contribution is 5.79. The Labute approximate surface area is 117 Å². The highest BCUT2D eigenvalue weighted by Crippen LogP contribution is 2.26. The maximum absolute atomic E-state index is 11.0. The van der Waals surface area contributed by atoms with Crippen molar-refractivity contribution in [3.63, 3.8) is 0 Å². The smallest absolute Gasteiger partial charge is 0.293 e. The minimum Gasteiger partial charge on any atom is -0.378 e. The molecule has 1 fully saturated rings. The number of likely N-dealkylation sites (N-methyl/N-ethyl adjacent to an activating group) is 1. The molecule has 108 valence electrons. The van der Waals surface area contributed by atoms with Gasteiger partial charge in [0.25, 0.3) is 5.69 Å². The molecule has 0 bridgehead atoms. The van der Waals surface area contributed by atoms with Crippen molar-refractivity contribution in [3.8, 4) is 0 Å². The zero-order valence-corrected chi connectivity index (χ0v) is 11.5. The zero-order chi connectivity index (χ0) is 14.5. The van der Waals surface area contributed by atoms with Crippen molar-refractivity contribution in [2.24, 2.45) is 0 Å². The van der Waals surface area contributed by atoms with E-state index < -0.39 is 4.92 Å². The van der Waals surface area contributed by atoms with E-state index in [9.17, 15) is 14.9 Å². The Balaban J connectivity index is 2.08. The number of nitrogens with zero attached hydrogens (tertiary/aromatic N) is 2. The first-order chi connectivity index (χ1) is 9.61. The summed E-state index contributed by atoms with van der Waals surface area (Å²) in [5.74, 6) is 0. The second-order valence-corrected chi connectivity index (χ2v) is 5.16. The lowest BCUT2D eigenvalue weighted by Crippen LogP contribution is -2.40. The fourth-order valence-electron chi connectivity index (χ4n) is 2.55. The summed E-state index contributed by atoms with van der Waals surface area (Å²) in [6.07, 6.45) is 4.12. The predicted octanol–water partition coefficient (Wildman–Crippen LogP) is 2.30. The zero-order valence-electron chi connectivity index (χ0n) is 11.5. The van der Waals surface area contributed by atoms with Gasteiger partial charge in [-0.1, -0.05) is 6.42 Å². The van der Waals surface area contributed by atoms with Crippen LogP contribution in [0.5, 0.6) is 0 Å². The average molecular weight is 277 g/mol. The molecule has 0 amide bonds. The van der Waals surface area contributed by atoms with Gasteiger partial charge in [-0.05, 0) is 38.6 Å². The highest BCUT2D eigenvalue weighted by atomic mass is 16.6. The van der Waals surface area contributed by atoms with E-state index >= 15 is 0 Å². The van der Waals surface area contributed by atoms with Crippen LogP contribution in [0.4, 0.5) is 11.4 Å². The molecule has 20 heavy (non-hydrogen) atoms. The van der Waals surface area contributed by atoms with E-state index in [1.54, 1.807) is 12.1 Å². The summed E-state index contributed by atoms with van der Waals surface area (Å²) in [7, 11) is 2.08. The Bertz CT molecular complexity index is 504. The van der Waals surface area contributed by atoms with Crippen molar-refractivity contribution in [3.05, 3.63) is 33.9 Å². The Morgan fingerprint density at radius 2 is 2.30 bits per heavy atom. The number of hydrogen-bond acceptors (Lipinski definition) is 5. The number of anilines is 1. The summed E-state index contributed by atoms with van der Waals surface area (Å²) >= 11 is 0. The summed E-state index contributed by atoms with van der Waals surface area (Å²) < 4.78 is 0. The van der Waals surface area contributed by atoms with Crippen LogP contribution in [-0.4, -0.2) is 42.3 Å². The third kappa shape index (κ3) is 3.33. The molecule has 0 saturated carbocycles. The van der Waals surface area contributed by atoms with Gasteiger partial charge in [0.05, 0.1) is 4.92 Å². The SMILES string of the molecule is CN1CCCCC1CNc1ccc(C=O)cc1[N+](=O)[O-]. The van der Waals surface area contributed by atoms with Crippen molar-refractivity contribution < 1.29 is 9.72 Å². The van der Waals surface area contributed by atoms with Gasteiger partial charge in [0.1, 0.15) is 12.0 Å². The van der Waals surface area contributed by atoms with Crippen molar-refractivity contribution in [2.45, 2.75) is 25.3 Å². The summed E-state index contributed by atoms with van der Waals surface area (Å²) in [6, 6.07) is 4.89. The van der Waals surface area contributed by atoms with Gasteiger partial charge in [0.15, 0.2) is 0 Å². The number of hydrogen-bond donors (Lipinski definition) is 1. The first kappa shape index (κ1) is 14.5. The number of piperidine rings is 1. The van der Waals surface area contributed by atoms with Gasteiger partial charge in [0.2, 0.25) is 0 Å². The Morgan fingerprint density at radius 3 is 2.95 bits per heavy atom. The Hall–Kier alpha value is -1.95. The maximum atomic E-state index is 11.0. The number of carbonyl (C=O) groups excluding carboxylic acids is 1. The predicted molar refractivity (Wildman–Crippen MR) is 77.2 cm³/mol. The lowest BCUT2D eigenvalue weighted by molar-refractivity contribution is -0.384. The van der Waals surface area contributed by atoms with Gasteiger partial charge in [-0.3, -0.25) is 14.9 Å². The summed E-state index contributed by atoms with van der Waals surface area (Å²) in [6.45, 7) is 1.75. The number of nitro benzene ring substituents is 1. The molecule has 1 atom stereocenters. The number of likely N-dealkylation sites (tertiary alicyclic amines) is 1. The largest absolute Gasteiger partial charge is 0.378 e. The van der Waals surface area contributed by atoms with Crippen LogP contribution < -0.4 is 5.32 Å². The van der Waals surface area contributed by atoms with E-state index in [2.05, 4.69) is 17.3 Å². The minimum absolute atomic E-state index is 0.0481. The second kappa shape index (κ2) is 6.47. The number of rotatable bonds is 5. The number of carbonyl (C=O) groups is 1. The highest BCUT2D eigenvalue weighted by Gasteiger charge is 2.20.